The number of Topliss-reactive ketones (excluding diaryl/α,β-unsaturated/α-hetero) is 1. The largest absolute Gasteiger partial charge is 0.488 e. The molecular formula is C37H44N6O8. The monoisotopic (exact) mass is 700 g/mol. The van der Waals surface area contributed by atoms with E-state index in [4.69, 9.17) is 19.7 Å². The first-order chi connectivity index (χ1) is 24.6. The van der Waals surface area contributed by atoms with E-state index in [1.807, 2.05) is 31.2 Å². The number of hydrogen-bond acceptors (Lipinski definition) is 9. The summed E-state index contributed by atoms with van der Waals surface area (Å²) in [5, 5.41) is 6.34. The number of alkyl carbamates (subject to hydrolysis) is 1. The number of methoxy groups -OCH3 is 1. The van der Waals surface area contributed by atoms with Gasteiger partial charge in [-0.15, -0.1) is 0 Å². The number of para-hydroxylation sites is 1. The molecule has 6 rings (SSSR count). The normalized spacial score (nSPS) is 26.8. The van der Waals surface area contributed by atoms with E-state index in [1.54, 1.807) is 6.07 Å². The zero-order chi connectivity index (χ0) is 36.1. The first-order valence-electron chi connectivity index (χ1n) is 17.8. The van der Waals surface area contributed by atoms with Crippen LogP contribution in [0, 0.1) is 12.8 Å². The highest BCUT2D eigenvalue weighted by atomic mass is 16.6. The lowest BCUT2D eigenvalue weighted by atomic mass is 10.0. The van der Waals surface area contributed by atoms with E-state index >= 15 is 0 Å². The minimum absolute atomic E-state index is 0.0100. The van der Waals surface area contributed by atoms with Crippen molar-refractivity contribution >= 4 is 46.8 Å². The number of rotatable bonds is 7. The van der Waals surface area contributed by atoms with Crippen LogP contribution in [0.1, 0.15) is 86.7 Å². The summed E-state index contributed by atoms with van der Waals surface area (Å²) in [6.07, 6.45) is 10.5. The third kappa shape index (κ3) is 7.80. The summed E-state index contributed by atoms with van der Waals surface area (Å²) < 4.78 is 17.3. The fraction of sp³-hybridized carbons (Fsp3) is 0.541. The number of fused-ring (bicyclic) bond motifs is 3. The Labute approximate surface area is 295 Å². The van der Waals surface area contributed by atoms with Crippen molar-refractivity contribution in [2.24, 2.45) is 5.92 Å². The van der Waals surface area contributed by atoms with Crippen LogP contribution in [0.15, 0.2) is 36.4 Å². The van der Waals surface area contributed by atoms with Gasteiger partial charge in [0.1, 0.15) is 41.3 Å². The fourth-order valence-corrected chi connectivity index (χ4v) is 7.53. The van der Waals surface area contributed by atoms with Gasteiger partial charge in [0, 0.05) is 23.8 Å². The number of carbonyl (C=O) groups is 5. The predicted octanol–water partition coefficient (Wildman–Crippen LogP) is 3.98. The van der Waals surface area contributed by atoms with Crippen molar-refractivity contribution in [2.75, 3.05) is 13.7 Å². The summed E-state index contributed by atoms with van der Waals surface area (Å²) in [4.78, 5) is 76.1. The molecule has 1 aromatic heterocycles. The van der Waals surface area contributed by atoms with Gasteiger partial charge in [0.05, 0.1) is 19.2 Å². The Morgan fingerprint density at radius 2 is 1.88 bits per heavy atom. The Morgan fingerprint density at radius 1 is 1.10 bits per heavy atom. The second-order valence-electron chi connectivity index (χ2n) is 13.9. The average molecular weight is 701 g/mol. The van der Waals surface area contributed by atoms with Crippen LogP contribution >= 0.6 is 0 Å². The predicted molar refractivity (Wildman–Crippen MR) is 184 cm³/mol. The average Bonchev–Trinajstić information content (AvgIpc) is 3.39. The zero-order valence-corrected chi connectivity index (χ0v) is 29.0. The van der Waals surface area contributed by atoms with Crippen molar-refractivity contribution < 1.29 is 43.0 Å². The van der Waals surface area contributed by atoms with E-state index in [1.165, 1.54) is 18.1 Å². The maximum atomic E-state index is 14.4. The maximum Gasteiger partial charge on any atom is 0.408 e. The first-order valence-corrected chi connectivity index (χ1v) is 17.8. The SMILES string of the molecule is COC(=O)[C@@]12CC1C=CCCCCC[C@H](NC(=O)OC1CCCC1)C(=O)N1C[C@H](Oc3cc(C(=O)C=[N+]=[N-])nc4c(C)cccc34)C[C@H]1C(=O)N2. The molecule has 1 aromatic carbocycles. The van der Waals surface area contributed by atoms with Gasteiger partial charge < -0.3 is 35.3 Å². The Balaban J connectivity index is 1.32. The number of benzene rings is 1. The van der Waals surface area contributed by atoms with E-state index in [0.29, 0.717) is 35.9 Å². The van der Waals surface area contributed by atoms with Crippen molar-refractivity contribution in [3.8, 4) is 5.75 Å². The van der Waals surface area contributed by atoms with Gasteiger partial charge in [-0.3, -0.25) is 14.4 Å². The fourth-order valence-electron chi connectivity index (χ4n) is 7.53. The van der Waals surface area contributed by atoms with Gasteiger partial charge in [0.2, 0.25) is 11.8 Å². The topological polar surface area (TPSA) is 190 Å². The summed E-state index contributed by atoms with van der Waals surface area (Å²) >= 11 is 0. The lowest BCUT2D eigenvalue weighted by Gasteiger charge is -2.29. The van der Waals surface area contributed by atoms with E-state index in [-0.39, 0.29) is 30.7 Å². The van der Waals surface area contributed by atoms with Gasteiger partial charge in [-0.2, -0.15) is 4.79 Å². The van der Waals surface area contributed by atoms with E-state index in [0.717, 1.165) is 56.7 Å². The van der Waals surface area contributed by atoms with Crippen molar-refractivity contribution in [1.82, 2.24) is 20.5 Å². The van der Waals surface area contributed by atoms with E-state index in [9.17, 15) is 24.0 Å². The minimum Gasteiger partial charge on any atom is -0.488 e. The molecule has 14 heteroatoms. The number of ketones is 1. The first kappa shape index (κ1) is 35.7. The molecule has 0 bridgehead atoms. The van der Waals surface area contributed by atoms with Gasteiger partial charge in [-0.1, -0.05) is 37.1 Å². The molecule has 1 unspecified atom stereocenters. The van der Waals surface area contributed by atoms with Crippen LogP contribution in [-0.4, -0.2) is 94.0 Å². The summed E-state index contributed by atoms with van der Waals surface area (Å²) in [7, 11) is 1.28. The number of nitrogens with zero attached hydrogens (tertiary/aromatic N) is 4. The van der Waals surface area contributed by atoms with Crippen molar-refractivity contribution in [3.05, 3.63) is 53.2 Å². The van der Waals surface area contributed by atoms with Crippen LogP contribution in [0.5, 0.6) is 5.75 Å². The molecule has 0 spiro atoms. The molecule has 1 saturated heterocycles. The summed E-state index contributed by atoms with van der Waals surface area (Å²) in [5.41, 5.74) is 9.01. The van der Waals surface area contributed by atoms with Crippen molar-refractivity contribution in [2.45, 2.75) is 107 Å². The molecule has 3 fully saturated rings. The molecule has 14 nitrogen and oxygen atoms in total. The zero-order valence-electron chi connectivity index (χ0n) is 29.0. The second-order valence-corrected chi connectivity index (χ2v) is 13.9. The summed E-state index contributed by atoms with van der Waals surface area (Å²) in [6, 6.07) is 4.90. The molecule has 2 aliphatic carbocycles. The number of aromatic nitrogens is 1. The van der Waals surface area contributed by atoms with E-state index in [2.05, 4.69) is 20.4 Å². The summed E-state index contributed by atoms with van der Waals surface area (Å²) in [5.74, 6) is -2.14. The standard InChI is InChI=1S/C37H44N6O8/c1-22-11-10-15-26-31(18-28(40-32(22)26)30(44)20-39-38)50-25-17-29-33(45)42-37(35(47)49-2)19-23(37)12-6-4-3-5-7-16-27(34(46)43(29)21-25)41-36(48)51-24-13-8-9-14-24/h6,10-12,15,18,20,23-25,27,29H,3-5,7-9,13-14,16-17,19,21H2,1-2H3,(H,41,48)(H,42,45)/t23?,25-,27+,29+,37-/m1/s1. The molecule has 3 amide bonds. The second kappa shape index (κ2) is 15.4. The number of esters is 1. The van der Waals surface area contributed by atoms with Crippen LogP contribution in [-0.2, 0) is 23.9 Å². The van der Waals surface area contributed by atoms with Crippen LogP contribution in [0.3, 0.4) is 0 Å². The molecule has 2 aliphatic heterocycles. The number of nitrogens with one attached hydrogen (secondary N) is 2. The molecule has 0 radical (unpaired) electrons. The molecule has 270 valence electrons. The van der Waals surface area contributed by atoms with Gasteiger partial charge in [0.25, 0.3) is 5.78 Å². The Hall–Kier alpha value is -5.10. The van der Waals surface area contributed by atoms with Gasteiger partial charge in [-0.25, -0.2) is 14.6 Å². The molecule has 5 atom stereocenters. The number of carbonyl (C=O) groups excluding carboxylic acids is 5. The summed E-state index contributed by atoms with van der Waals surface area (Å²) in [6.45, 7) is 1.82. The van der Waals surface area contributed by atoms with Crippen LogP contribution in [0.2, 0.25) is 0 Å². The molecule has 2 N–H and O–H groups in total. The Morgan fingerprint density at radius 3 is 2.65 bits per heavy atom. The molecule has 3 heterocycles. The number of ether oxygens (including phenoxy) is 3. The molecule has 4 aliphatic rings. The highest BCUT2D eigenvalue weighted by Crippen LogP contribution is 2.46. The number of hydrogen-bond donors (Lipinski definition) is 2. The van der Waals surface area contributed by atoms with Crippen molar-refractivity contribution in [3.63, 3.8) is 0 Å². The van der Waals surface area contributed by atoms with Crippen LogP contribution in [0.4, 0.5) is 4.79 Å². The molecule has 2 saturated carbocycles. The Kier molecular flexibility index (Phi) is 10.8. The van der Waals surface area contributed by atoms with Crippen LogP contribution in [0.25, 0.3) is 16.4 Å². The number of pyridine rings is 1. The maximum absolute atomic E-state index is 14.4. The lowest BCUT2D eigenvalue weighted by Crippen LogP contribution is -2.56. The van der Waals surface area contributed by atoms with Gasteiger partial charge in [0.15, 0.2) is 0 Å². The smallest absolute Gasteiger partial charge is 0.408 e. The van der Waals surface area contributed by atoms with E-state index < -0.39 is 53.4 Å². The van der Waals surface area contributed by atoms with Gasteiger partial charge in [-0.05, 0) is 69.9 Å². The highest BCUT2D eigenvalue weighted by molar-refractivity contribution is 6.33. The molecular weight excluding hydrogens is 656 g/mol. The number of aryl methyl sites for hydroxylation is 1. The quantitative estimate of drug-likeness (QED) is 0.107. The van der Waals surface area contributed by atoms with Crippen LogP contribution < -0.4 is 15.4 Å². The number of amides is 3. The minimum atomic E-state index is -1.25. The lowest BCUT2D eigenvalue weighted by molar-refractivity contribution is -0.148. The Bertz CT molecular complexity index is 1780. The van der Waals surface area contributed by atoms with Gasteiger partial charge >= 0.3 is 18.3 Å². The molecule has 51 heavy (non-hydrogen) atoms. The number of allylic oxidation sites excluding steroid dienone is 1. The third-order valence-corrected chi connectivity index (χ3v) is 10.4. The third-order valence-electron chi connectivity index (χ3n) is 10.4. The molecule has 2 aromatic rings. The van der Waals surface area contributed by atoms with Crippen molar-refractivity contribution in [1.29, 1.82) is 0 Å². The highest BCUT2D eigenvalue weighted by Gasteiger charge is 2.62.